The molecule has 0 fully saturated rings. The topological polar surface area (TPSA) is 71.1 Å². The summed E-state index contributed by atoms with van der Waals surface area (Å²) in [5.41, 5.74) is 0.380. The van der Waals surface area contributed by atoms with Crippen LogP contribution in [0.1, 0.15) is 27.1 Å². The zero-order valence-corrected chi connectivity index (χ0v) is 14.9. The van der Waals surface area contributed by atoms with Gasteiger partial charge in [0.25, 0.3) is 0 Å². The Morgan fingerprint density at radius 1 is 1.12 bits per heavy atom. The van der Waals surface area contributed by atoms with Crippen LogP contribution in [0.15, 0.2) is 36.9 Å². The first-order chi connectivity index (χ1) is 11.6. The van der Waals surface area contributed by atoms with Gasteiger partial charge in [0.05, 0.1) is 17.7 Å². The van der Waals surface area contributed by atoms with Crippen molar-refractivity contribution in [3.63, 3.8) is 0 Å². The van der Waals surface area contributed by atoms with E-state index in [0.717, 1.165) is 6.04 Å². The number of hydrogen-bond donors (Lipinski definition) is 0. The third kappa shape index (κ3) is 6.65. The molecule has 0 aromatic heterocycles. The third-order valence-corrected chi connectivity index (χ3v) is 4.44. The van der Waals surface area contributed by atoms with E-state index in [9.17, 15) is 9.59 Å². The highest BCUT2D eigenvalue weighted by Gasteiger charge is 2.18. The lowest BCUT2D eigenvalue weighted by molar-refractivity contribution is -0.0441. The van der Waals surface area contributed by atoms with Crippen LogP contribution in [0, 0.1) is 0 Å². The van der Waals surface area contributed by atoms with Crippen LogP contribution in [0.5, 0.6) is 0 Å². The summed E-state index contributed by atoms with van der Waals surface area (Å²) in [6, 6.07) is 7.23. The molecular weight excluding hydrogens is 328 g/mol. The number of hydrogen-bond acceptors (Lipinski definition) is 6. The fraction of sp³-hybridized carbons (Fsp3) is 0.412. The number of esters is 2. The van der Waals surface area contributed by atoms with Crippen LogP contribution in [-0.4, -0.2) is 54.8 Å². The van der Waals surface area contributed by atoms with Gasteiger partial charge < -0.3 is 18.9 Å². The predicted molar refractivity (Wildman–Crippen MR) is 90.2 cm³/mol. The minimum Gasteiger partial charge on any atom is -0.462 e. The molecule has 0 aliphatic rings. The molecule has 7 heteroatoms. The third-order valence-electron chi connectivity index (χ3n) is 2.99. The second kappa shape index (κ2) is 11.6. The van der Waals surface area contributed by atoms with E-state index in [4.69, 9.17) is 18.9 Å². The Kier molecular flexibility index (Phi) is 9.67. The number of methoxy groups -OCH3 is 2. The van der Waals surface area contributed by atoms with Crippen molar-refractivity contribution in [1.82, 2.24) is 0 Å². The standard InChI is InChI=1S/C17H22O6Si/c1-4-10-22-15(18)13-8-5-6-9-14(13)16(19)23-11-7-12-24-17(20-2)21-3/h4-6,8-9,17H,1,7,10-12H2,2-3H3. The van der Waals surface area contributed by atoms with Crippen molar-refractivity contribution in [3.8, 4) is 0 Å². The number of ether oxygens (including phenoxy) is 4. The zero-order chi connectivity index (χ0) is 17.8. The van der Waals surface area contributed by atoms with Crippen molar-refractivity contribution in [2.24, 2.45) is 0 Å². The zero-order valence-electron chi connectivity index (χ0n) is 13.9. The molecule has 0 saturated heterocycles. The number of benzene rings is 1. The fourth-order valence-corrected chi connectivity index (χ4v) is 2.77. The summed E-state index contributed by atoms with van der Waals surface area (Å²) in [7, 11) is 3.64. The van der Waals surface area contributed by atoms with Gasteiger partial charge in [0.1, 0.15) is 22.0 Å². The van der Waals surface area contributed by atoms with Gasteiger partial charge in [-0.25, -0.2) is 9.59 Å². The molecule has 1 aromatic carbocycles. The predicted octanol–water partition coefficient (Wildman–Crippen LogP) is 2.28. The van der Waals surface area contributed by atoms with Crippen molar-refractivity contribution in [2.45, 2.75) is 18.4 Å². The maximum absolute atomic E-state index is 12.2. The van der Waals surface area contributed by atoms with Crippen LogP contribution in [0.2, 0.25) is 6.04 Å². The van der Waals surface area contributed by atoms with Gasteiger partial charge >= 0.3 is 11.9 Å². The average molecular weight is 350 g/mol. The first kappa shape index (κ1) is 20.1. The largest absolute Gasteiger partial charge is 0.462 e. The Bertz CT molecular complexity index is 542. The number of carbonyl (C=O) groups excluding carboxylic acids is 2. The highest BCUT2D eigenvalue weighted by atomic mass is 28.2. The lowest BCUT2D eigenvalue weighted by Gasteiger charge is -2.12. The summed E-state index contributed by atoms with van der Waals surface area (Å²) in [5, 5.41) is 0. The Balaban J connectivity index is 2.50. The van der Waals surface area contributed by atoms with Gasteiger partial charge in [-0.15, -0.1) is 0 Å². The Morgan fingerprint density at radius 3 is 2.25 bits per heavy atom. The van der Waals surface area contributed by atoms with Gasteiger partial charge in [0.2, 0.25) is 0 Å². The maximum Gasteiger partial charge on any atom is 0.339 e. The molecule has 0 amide bonds. The highest BCUT2D eigenvalue weighted by molar-refractivity contribution is 6.36. The summed E-state index contributed by atoms with van der Waals surface area (Å²) in [5.74, 6) is -1.34. The van der Waals surface area contributed by atoms with Gasteiger partial charge in [-0.05, 0) is 18.6 Å². The molecule has 0 aliphatic carbocycles. The van der Waals surface area contributed by atoms with Crippen molar-refractivity contribution in [2.75, 3.05) is 27.4 Å². The van der Waals surface area contributed by atoms with Gasteiger partial charge in [0.15, 0.2) is 0 Å². The van der Waals surface area contributed by atoms with E-state index in [-0.39, 0.29) is 30.3 Å². The monoisotopic (exact) mass is 350 g/mol. The second-order valence-corrected chi connectivity index (χ2v) is 6.06. The molecule has 0 saturated carbocycles. The maximum atomic E-state index is 12.2. The molecule has 1 rings (SSSR count). The van der Waals surface area contributed by atoms with E-state index in [1.165, 1.54) is 12.1 Å². The summed E-state index contributed by atoms with van der Waals surface area (Å²) in [6.45, 7) is 3.83. The lowest BCUT2D eigenvalue weighted by Crippen LogP contribution is -2.21. The Labute approximate surface area is 144 Å². The van der Waals surface area contributed by atoms with Gasteiger partial charge in [-0.1, -0.05) is 30.8 Å². The van der Waals surface area contributed by atoms with Crippen LogP contribution in [-0.2, 0) is 18.9 Å². The minimum absolute atomic E-state index is 0.0866. The molecule has 2 radical (unpaired) electrons. The van der Waals surface area contributed by atoms with E-state index in [2.05, 4.69) is 6.58 Å². The van der Waals surface area contributed by atoms with Crippen LogP contribution < -0.4 is 0 Å². The van der Waals surface area contributed by atoms with Crippen molar-refractivity contribution in [3.05, 3.63) is 48.0 Å². The summed E-state index contributed by atoms with van der Waals surface area (Å²) >= 11 is 0. The summed E-state index contributed by atoms with van der Waals surface area (Å²) < 4.78 is 20.4. The summed E-state index contributed by atoms with van der Waals surface area (Å²) in [6.07, 6.45) is 2.16. The number of rotatable bonds is 11. The average Bonchev–Trinajstić information content (AvgIpc) is 2.62. The molecule has 0 spiro atoms. The van der Waals surface area contributed by atoms with E-state index in [1.54, 1.807) is 32.4 Å². The Morgan fingerprint density at radius 2 is 1.71 bits per heavy atom. The van der Waals surface area contributed by atoms with Crippen LogP contribution in [0.4, 0.5) is 0 Å². The molecule has 0 atom stereocenters. The van der Waals surface area contributed by atoms with Crippen LogP contribution >= 0.6 is 0 Å². The molecule has 0 heterocycles. The molecule has 130 valence electrons. The SMILES string of the molecule is C=CCOC(=O)c1ccccc1C(=O)OCCC[Si]C(OC)OC. The highest BCUT2D eigenvalue weighted by Crippen LogP contribution is 2.12. The first-order valence-electron chi connectivity index (χ1n) is 7.47. The molecule has 0 aliphatic heterocycles. The second-order valence-electron chi connectivity index (χ2n) is 4.68. The quantitative estimate of drug-likeness (QED) is 0.200. The fourth-order valence-electron chi connectivity index (χ4n) is 1.85. The molecule has 0 unspecified atom stereocenters. The van der Waals surface area contributed by atoms with E-state index in [0.29, 0.717) is 15.9 Å². The molecule has 0 bridgehead atoms. The molecular formula is C17H22O6Si. The normalized spacial score (nSPS) is 10.5. The first-order valence-corrected chi connectivity index (χ1v) is 8.75. The molecule has 0 N–H and O–H groups in total. The Hall–Kier alpha value is -1.96. The van der Waals surface area contributed by atoms with Crippen molar-refractivity contribution >= 4 is 21.5 Å². The molecule has 1 aromatic rings. The van der Waals surface area contributed by atoms with Crippen molar-refractivity contribution in [1.29, 1.82) is 0 Å². The number of carbonyl (C=O) groups is 2. The summed E-state index contributed by atoms with van der Waals surface area (Å²) in [4.78, 5) is 24.1. The van der Waals surface area contributed by atoms with Gasteiger partial charge in [-0.3, -0.25) is 0 Å². The van der Waals surface area contributed by atoms with E-state index < -0.39 is 11.9 Å². The van der Waals surface area contributed by atoms with E-state index >= 15 is 0 Å². The van der Waals surface area contributed by atoms with Crippen LogP contribution in [0.25, 0.3) is 0 Å². The van der Waals surface area contributed by atoms with Crippen molar-refractivity contribution < 1.29 is 28.5 Å². The van der Waals surface area contributed by atoms with Gasteiger partial charge in [0, 0.05) is 14.2 Å². The molecule has 24 heavy (non-hydrogen) atoms. The van der Waals surface area contributed by atoms with Gasteiger partial charge in [-0.2, -0.15) is 0 Å². The van der Waals surface area contributed by atoms with Crippen LogP contribution in [0.3, 0.4) is 0 Å². The lowest BCUT2D eigenvalue weighted by atomic mass is 10.1. The smallest absolute Gasteiger partial charge is 0.339 e. The van der Waals surface area contributed by atoms with E-state index in [1.807, 2.05) is 0 Å². The molecule has 6 nitrogen and oxygen atoms in total. The minimum atomic E-state index is -0.577.